The Morgan fingerprint density at radius 1 is 1.17 bits per heavy atom. The maximum absolute atomic E-state index is 12.4. The molecule has 0 atom stereocenters. The molecular formula is C15H15N3O5S. The van der Waals surface area contributed by atoms with E-state index in [0.29, 0.717) is 0 Å². The lowest BCUT2D eigenvalue weighted by Gasteiger charge is -2.12. The lowest BCUT2D eigenvalue weighted by molar-refractivity contribution is -0.385. The smallest absolute Gasteiger partial charge is 0.275 e. The van der Waals surface area contributed by atoms with Crippen molar-refractivity contribution < 1.29 is 18.1 Å². The largest absolute Gasteiger partial charge is 0.366 e. The third-order valence-electron chi connectivity index (χ3n) is 3.44. The quantitative estimate of drug-likeness (QED) is 0.630. The second-order valence-corrected chi connectivity index (χ2v) is 6.89. The Labute approximate surface area is 138 Å². The fourth-order valence-electron chi connectivity index (χ4n) is 2.06. The number of hydrogen-bond donors (Lipinski definition) is 2. The van der Waals surface area contributed by atoms with Crippen LogP contribution in [-0.4, -0.2) is 19.2 Å². The summed E-state index contributed by atoms with van der Waals surface area (Å²) < 4.78 is 27.1. The minimum atomic E-state index is -3.96. The highest BCUT2D eigenvalue weighted by molar-refractivity contribution is 7.92. The molecule has 2 aromatic rings. The van der Waals surface area contributed by atoms with E-state index in [9.17, 15) is 23.3 Å². The summed E-state index contributed by atoms with van der Waals surface area (Å²) in [5.41, 5.74) is 5.50. The standard InChI is InChI=1S/C15H15N3O5S/c1-9-3-5-12(6-4-9)24(22,23)17-13-7-11(15(16)19)8-14(10(13)2)18(20)21/h3-8,17H,1-2H3,(H2,16,19). The predicted octanol–water partition coefficient (Wildman–Crippen LogP) is 2.11. The molecule has 2 aromatic carbocycles. The molecule has 3 N–H and O–H groups in total. The first-order valence-corrected chi connectivity index (χ1v) is 8.28. The molecule has 0 bridgehead atoms. The average molecular weight is 349 g/mol. The van der Waals surface area contributed by atoms with Gasteiger partial charge >= 0.3 is 0 Å². The highest BCUT2D eigenvalue weighted by Crippen LogP contribution is 2.29. The summed E-state index contributed by atoms with van der Waals surface area (Å²) in [6, 6.07) is 8.28. The van der Waals surface area contributed by atoms with Gasteiger partial charge in [0.05, 0.1) is 21.1 Å². The van der Waals surface area contributed by atoms with Gasteiger partial charge in [0.25, 0.3) is 15.7 Å². The van der Waals surface area contributed by atoms with Gasteiger partial charge in [-0.05, 0) is 32.0 Å². The van der Waals surface area contributed by atoms with Crippen molar-refractivity contribution in [2.75, 3.05) is 4.72 Å². The van der Waals surface area contributed by atoms with Gasteiger partial charge in [0.1, 0.15) is 0 Å². The molecule has 8 nitrogen and oxygen atoms in total. The van der Waals surface area contributed by atoms with Crippen LogP contribution in [0, 0.1) is 24.0 Å². The average Bonchev–Trinajstić information content (AvgIpc) is 2.49. The number of rotatable bonds is 5. The van der Waals surface area contributed by atoms with Crippen molar-refractivity contribution in [3.63, 3.8) is 0 Å². The van der Waals surface area contributed by atoms with Crippen LogP contribution < -0.4 is 10.5 Å². The van der Waals surface area contributed by atoms with Gasteiger partial charge in [0.2, 0.25) is 5.91 Å². The van der Waals surface area contributed by atoms with Gasteiger partial charge in [0.15, 0.2) is 0 Å². The van der Waals surface area contributed by atoms with Gasteiger partial charge < -0.3 is 5.73 Å². The molecule has 0 aliphatic carbocycles. The number of sulfonamides is 1. The van der Waals surface area contributed by atoms with E-state index >= 15 is 0 Å². The lowest BCUT2D eigenvalue weighted by atomic mass is 10.1. The molecule has 1 amide bonds. The number of nitrogens with two attached hydrogens (primary N) is 1. The lowest BCUT2D eigenvalue weighted by Crippen LogP contribution is -2.17. The molecule has 0 spiro atoms. The second kappa shape index (κ2) is 6.28. The number of primary amides is 1. The minimum Gasteiger partial charge on any atom is -0.366 e. The second-order valence-electron chi connectivity index (χ2n) is 5.21. The van der Waals surface area contributed by atoms with Crippen LogP contribution in [-0.2, 0) is 10.0 Å². The van der Waals surface area contributed by atoms with E-state index < -0.39 is 26.5 Å². The number of hydrogen-bond acceptors (Lipinski definition) is 5. The van der Waals surface area contributed by atoms with Crippen LogP contribution in [0.5, 0.6) is 0 Å². The summed E-state index contributed by atoms with van der Waals surface area (Å²) in [5.74, 6) is -0.895. The molecule has 0 radical (unpaired) electrons. The van der Waals surface area contributed by atoms with E-state index in [2.05, 4.69) is 4.72 Å². The monoisotopic (exact) mass is 349 g/mol. The first-order chi connectivity index (χ1) is 11.1. The molecule has 0 saturated carbocycles. The molecule has 0 aliphatic heterocycles. The van der Waals surface area contributed by atoms with Crippen LogP contribution >= 0.6 is 0 Å². The summed E-state index contributed by atoms with van der Waals surface area (Å²) in [4.78, 5) is 21.7. The number of amides is 1. The molecule has 0 fully saturated rings. The third kappa shape index (κ3) is 3.51. The Morgan fingerprint density at radius 3 is 2.25 bits per heavy atom. The third-order valence-corrected chi connectivity index (χ3v) is 4.82. The number of nitrogens with one attached hydrogen (secondary N) is 1. The zero-order valence-electron chi connectivity index (χ0n) is 12.9. The fourth-order valence-corrected chi connectivity index (χ4v) is 3.17. The van der Waals surface area contributed by atoms with E-state index in [0.717, 1.165) is 11.6 Å². The zero-order chi connectivity index (χ0) is 18.1. The van der Waals surface area contributed by atoms with Gasteiger partial charge in [-0.2, -0.15) is 0 Å². The molecule has 126 valence electrons. The van der Waals surface area contributed by atoms with Crippen LogP contribution in [0.4, 0.5) is 11.4 Å². The summed E-state index contributed by atoms with van der Waals surface area (Å²) >= 11 is 0. The summed E-state index contributed by atoms with van der Waals surface area (Å²) in [7, 11) is -3.96. The molecule has 0 aromatic heterocycles. The fraction of sp³-hybridized carbons (Fsp3) is 0.133. The van der Waals surface area contributed by atoms with E-state index in [4.69, 9.17) is 5.73 Å². The Morgan fingerprint density at radius 2 is 1.75 bits per heavy atom. The number of nitrogens with zero attached hydrogens (tertiary/aromatic N) is 1. The van der Waals surface area contributed by atoms with Gasteiger partial charge in [-0.1, -0.05) is 17.7 Å². The van der Waals surface area contributed by atoms with Gasteiger partial charge in [0, 0.05) is 11.6 Å². The molecule has 0 unspecified atom stereocenters. The molecule has 0 saturated heterocycles. The van der Waals surface area contributed by atoms with Crippen molar-refractivity contribution in [3.8, 4) is 0 Å². The summed E-state index contributed by atoms with van der Waals surface area (Å²) in [5, 5.41) is 11.1. The number of anilines is 1. The van der Waals surface area contributed by atoms with Crippen LogP contribution in [0.1, 0.15) is 21.5 Å². The highest BCUT2D eigenvalue weighted by Gasteiger charge is 2.22. The maximum Gasteiger partial charge on any atom is 0.275 e. The maximum atomic E-state index is 12.4. The van der Waals surface area contributed by atoms with E-state index in [-0.39, 0.29) is 21.7 Å². The van der Waals surface area contributed by atoms with Crippen LogP contribution in [0.15, 0.2) is 41.3 Å². The van der Waals surface area contributed by atoms with Gasteiger partial charge in [-0.3, -0.25) is 19.6 Å². The number of benzene rings is 2. The normalized spacial score (nSPS) is 11.1. The van der Waals surface area contributed by atoms with Crippen molar-refractivity contribution in [2.24, 2.45) is 5.73 Å². The van der Waals surface area contributed by atoms with Crippen molar-refractivity contribution in [1.82, 2.24) is 0 Å². The SMILES string of the molecule is Cc1ccc(S(=O)(=O)Nc2cc(C(N)=O)cc([N+](=O)[O-])c2C)cc1. The molecule has 0 aliphatic rings. The van der Waals surface area contributed by atoms with E-state index in [1.165, 1.54) is 25.1 Å². The van der Waals surface area contributed by atoms with Crippen LogP contribution in [0.25, 0.3) is 0 Å². The Balaban J connectivity index is 2.54. The van der Waals surface area contributed by atoms with Crippen molar-refractivity contribution in [2.45, 2.75) is 18.7 Å². The summed E-state index contributed by atoms with van der Waals surface area (Å²) in [6.07, 6.45) is 0. The van der Waals surface area contributed by atoms with Crippen LogP contribution in [0.3, 0.4) is 0 Å². The van der Waals surface area contributed by atoms with E-state index in [1.54, 1.807) is 12.1 Å². The van der Waals surface area contributed by atoms with Crippen molar-refractivity contribution in [3.05, 3.63) is 63.2 Å². The molecule has 2 rings (SSSR count). The first-order valence-electron chi connectivity index (χ1n) is 6.80. The van der Waals surface area contributed by atoms with Crippen LogP contribution in [0.2, 0.25) is 0 Å². The minimum absolute atomic E-state index is 0.000342. The number of aryl methyl sites for hydroxylation is 1. The Kier molecular flexibility index (Phi) is 4.56. The van der Waals surface area contributed by atoms with Gasteiger partial charge in [-0.25, -0.2) is 8.42 Å². The number of carbonyl (C=O) groups is 1. The van der Waals surface area contributed by atoms with E-state index in [1.807, 2.05) is 6.92 Å². The number of carbonyl (C=O) groups excluding carboxylic acids is 1. The number of nitro benzene ring substituents is 1. The molecule has 9 heteroatoms. The zero-order valence-corrected chi connectivity index (χ0v) is 13.8. The Bertz CT molecular complexity index is 921. The first kappa shape index (κ1) is 17.4. The molecule has 24 heavy (non-hydrogen) atoms. The van der Waals surface area contributed by atoms with Crippen molar-refractivity contribution >= 4 is 27.3 Å². The summed E-state index contributed by atoms with van der Waals surface area (Å²) in [6.45, 7) is 3.20. The Hall–Kier alpha value is -2.94. The van der Waals surface area contributed by atoms with Crippen molar-refractivity contribution in [1.29, 1.82) is 0 Å². The highest BCUT2D eigenvalue weighted by atomic mass is 32.2. The van der Waals surface area contributed by atoms with Gasteiger partial charge in [-0.15, -0.1) is 0 Å². The molecule has 0 heterocycles. The molecular weight excluding hydrogens is 334 g/mol. The topological polar surface area (TPSA) is 132 Å². The number of nitro groups is 1. The predicted molar refractivity (Wildman–Crippen MR) is 88.3 cm³/mol.